The lowest BCUT2D eigenvalue weighted by Crippen LogP contribution is -2.11. The number of nitrogens with zero attached hydrogens (tertiary/aromatic N) is 1. The Labute approximate surface area is 126 Å². The van der Waals surface area contributed by atoms with Crippen molar-refractivity contribution in [2.45, 2.75) is 39.2 Å². The highest BCUT2D eigenvalue weighted by Gasteiger charge is 2.14. The molecule has 0 amide bonds. The highest BCUT2D eigenvalue weighted by atomic mass is 16.1. The molecule has 2 rings (SSSR count). The Kier molecular flexibility index (Phi) is 4.53. The van der Waals surface area contributed by atoms with Gasteiger partial charge in [0.1, 0.15) is 0 Å². The van der Waals surface area contributed by atoms with E-state index in [4.69, 9.17) is 5.73 Å². The number of benzene rings is 1. The molecule has 1 aromatic carbocycles. The largest absolute Gasteiger partial charge is 0.325 e. The maximum absolute atomic E-state index is 12.3. The molecule has 21 heavy (non-hydrogen) atoms. The smallest absolute Gasteiger partial charge is 0.167 e. The zero-order valence-corrected chi connectivity index (χ0v) is 12.9. The van der Waals surface area contributed by atoms with Gasteiger partial charge in [-0.2, -0.15) is 0 Å². The van der Waals surface area contributed by atoms with E-state index in [0.29, 0.717) is 18.5 Å². The van der Waals surface area contributed by atoms with Crippen LogP contribution in [0.15, 0.2) is 42.6 Å². The van der Waals surface area contributed by atoms with E-state index in [2.05, 4.69) is 37.9 Å². The van der Waals surface area contributed by atoms with Crippen molar-refractivity contribution in [3.63, 3.8) is 0 Å². The predicted octanol–water partition coefficient (Wildman–Crippen LogP) is 3.26. The van der Waals surface area contributed by atoms with Crippen LogP contribution in [0.5, 0.6) is 0 Å². The average molecular weight is 282 g/mol. The van der Waals surface area contributed by atoms with Crippen LogP contribution < -0.4 is 5.73 Å². The number of rotatable bonds is 4. The molecule has 0 aliphatic heterocycles. The molecular formula is C18H22N2O. The number of nitrogens with two attached hydrogens (primary N) is 1. The summed E-state index contributed by atoms with van der Waals surface area (Å²) in [5.74, 6) is 0.0932. The van der Waals surface area contributed by atoms with Crippen molar-refractivity contribution in [2.75, 3.05) is 0 Å². The number of Topliss-reactive ketones (excluding diaryl/α,β-unsaturated/α-hetero) is 1. The summed E-state index contributed by atoms with van der Waals surface area (Å²) in [6.07, 6.45) is 2.04. The number of carbonyl (C=O) groups excluding carboxylic acids is 1. The summed E-state index contributed by atoms with van der Waals surface area (Å²) < 4.78 is 0. The zero-order valence-electron chi connectivity index (χ0n) is 12.9. The molecule has 2 N–H and O–H groups in total. The summed E-state index contributed by atoms with van der Waals surface area (Å²) in [5, 5.41) is 0. The second-order valence-electron chi connectivity index (χ2n) is 6.29. The van der Waals surface area contributed by atoms with E-state index in [-0.39, 0.29) is 11.2 Å². The van der Waals surface area contributed by atoms with Crippen molar-refractivity contribution in [1.29, 1.82) is 0 Å². The number of hydrogen-bond donors (Lipinski definition) is 1. The minimum Gasteiger partial charge on any atom is -0.325 e. The van der Waals surface area contributed by atoms with Gasteiger partial charge >= 0.3 is 0 Å². The first-order valence-electron chi connectivity index (χ1n) is 7.18. The second kappa shape index (κ2) is 6.19. The fourth-order valence-corrected chi connectivity index (χ4v) is 2.17. The third-order valence-corrected chi connectivity index (χ3v) is 3.53. The first-order valence-corrected chi connectivity index (χ1v) is 7.18. The molecule has 3 heteroatoms. The Hall–Kier alpha value is -2.00. The van der Waals surface area contributed by atoms with E-state index >= 15 is 0 Å². The molecule has 3 nitrogen and oxygen atoms in total. The van der Waals surface area contributed by atoms with E-state index in [9.17, 15) is 4.79 Å². The number of carbonyl (C=O) groups is 1. The molecule has 2 aromatic rings. The van der Waals surface area contributed by atoms with Crippen molar-refractivity contribution < 1.29 is 4.79 Å². The van der Waals surface area contributed by atoms with Crippen LogP contribution in [0.3, 0.4) is 0 Å². The lowest BCUT2D eigenvalue weighted by atomic mass is 9.86. The van der Waals surface area contributed by atoms with Gasteiger partial charge in [-0.15, -0.1) is 0 Å². The predicted molar refractivity (Wildman–Crippen MR) is 85.3 cm³/mol. The van der Waals surface area contributed by atoms with Crippen LogP contribution in [0.25, 0.3) is 0 Å². The molecule has 0 aliphatic rings. The third kappa shape index (κ3) is 3.99. The molecule has 0 aliphatic carbocycles. The van der Waals surface area contributed by atoms with Gasteiger partial charge in [-0.1, -0.05) is 45.0 Å². The highest BCUT2D eigenvalue weighted by Crippen LogP contribution is 2.22. The Morgan fingerprint density at radius 3 is 2.38 bits per heavy atom. The topological polar surface area (TPSA) is 56.0 Å². The van der Waals surface area contributed by atoms with Crippen LogP contribution in [0.4, 0.5) is 0 Å². The lowest BCUT2D eigenvalue weighted by molar-refractivity contribution is 0.0992. The van der Waals surface area contributed by atoms with E-state index in [1.165, 1.54) is 5.56 Å². The maximum Gasteiger partial charge on any atom is 0.167 e. The molecular weight excluding hydrogens is 260 g/mol. The molecule has 0 radical (unpaired) electrons. The Morgan fingerprint density at radius 2 is 1.81 bits per heavy atom. The Morgan fingerprint density at radius 1 is 1.14 bits per heavy atom. The van der Waals surface area contributed by atoms with Crippen molar-refractivity contribution in [2.24, 2.45) is 5.73 Å². The molecule has 0 saturated heterocycles. The van der Waals surface area contributed by atoms with E-state index < -0.39 is 0 Å². The summed E-state index contributed by atoms with van der Waals surface area (Å²) in [7, 11) is 0. The second-order valence-corrected chi connectivity index (χ2v) is 6.29. The molecule has 1 aromatic heterocycles. The van der Waals surface area contributed by atoms with Gasteiger partial charge in [-0.25, -0.2) is 0 Å². The molecule has 0 saturated carbocycles. The first-order chi connectivity index (χ1) is 9.90. The SMILES string of the molecule is CC(C)(C)c1ccc(CC(=O)c2ccnc(CN)c2)cc1. The third-order valence-electron chi connectivity index (χ3n) is 3.53. The van der Waals surface area contributed by atoms with Crippen LogP contribution >= 0.6 is 0 Å². The van der Waals surface area contributed by atoms with Crippen LogP contribution in [0.1, 0.15) is 48.0 Å². The van der Waals surface area contributed by atoms with Crippen LogP contribution in [0.2, 0.25) is 0 Å². The normalized spacial score (nSPS) is 11.4. The monoisotopic (exact) mass is 282 g/mol. The number of pyridine rings is 1. The van der Waals surface area contributed by atoms with Crippen molar-refractivity contribution in [3.05, 3.63) is 65.0 Å². The number of ketones is 1. The summed E-state index contributed by atoms with van der Waals surface area (Å²) in [6.45, 7) is 6.89. The van der Waals surface area contributed by atoms with Gasteiger partial charge in [0.25, 0.3) is 0 Å². The highest BCUT2D eigenvalue weighted by molar-refractivity contribution is 5.97. The van der Waals surface area contributed by atoms with Crippen molar-refractivity contribution >= 4 is 5.78 Å². The van der Waals surface area contributed by atoms with Crippen LogP contribution in [-0.2, 0) is 18.4 Å². The van der Waals surface area contributed by atoms with Gasteiger partial charge in [0.05, 0.1) is 5.69 Å². The number of hydrogen-bond acceptors (Lipinski definition) is 3. The lowest BCUT2D eigenvalue weighted by Gasteiger charge is -2.19. The van der Waals surface area contributed by atoms with E-state index in [0.717, 1.165) is 11.3 Å². The summed E-state index contributed by atoms with van der Waals surface area (Å²) in [5.41, 5.74) is 9.39. The Bertz CT molecular complexity index is 624. The van der Waals surface area contributed by atoms with E-state index in [1.807, 2.05) is 12.1 Å². The minimum atomic E-state index is 0.0932. The van der Waals surface area contributed by atoms with Crippen LogP contribution in [-0.4, -0.2) is 10.8 Å². The van der Waals surface area contributed by atoms with Crippen LogP contribution in [0, 0.1) is 0 Å². The minimum absolute atomic E-state index is 0.0932. The molecule has 0 unspecified atom stereocenters. The molecule has 1 heterocycles. The quantitative estimate of drug-likeness (QED) is 0.876. The number of aromatic nitrogens is 1. The average Bonchev–Trinajstić information content (AvgIpc) is 2.47. The summed E-state index contributed by atoms with van der Waals surface area (Å²) in [4.78, 5) is 16.4. The summed E-state index contributed by atoms with van der Waals surface area (Å²) >= 11 is 0. The van der Waals surface area contributed by atoms with Gasteiger partial charge in [-0.3, -0.25) is 9.78 Å². The zero-order chi connectivity index (χ0) is 15.5. The molecule has 110 valence electrons. The van der Waals surface area contributed by atoms with E-state index in [1.54, 1.807) is 18.3 Å². The fourth-order valence-electron chi connectivity index (χ4n) is 2.17. The Balaban J connectivity index is 2.12. The fraction of sp³-hybridized carbons (Fsp3) is 0.333. The molecule has 0 atom stereocenters. The first kappa shape index (κ1) is 15.4. The molecule has 0 fully saturated rings. The van der Waals surface area contributed by atoms with Gasteiger partial charge in [-0.05, 0) is 28.7 Å². The van der Waals surface area contributed by atoms with Crippen molar-refractivity contribution in [1.82, 2.24) is 4.98 Å². The van der Waals surface area contributed by atoms with Crippen molar-refractivity contribution in [3.8, 4) is 0 Å². The molecule has 0 bridgehead atoms. The standard InChI is InChI=1S/C18H22N2O/c1-18(2,3)15-6-4-13(5-7-15)10-17(21)14-8-9-20-16(11-14)12-19/h4-9,11H,10,12,19H2,1-3H3. The van der Waals surface area contributed by atoms with Gasteiger partial charge in [0.15, 0.2) is 5.78 Å². The molecule has 0 spiro atoms. The van der Waals surface area contributed by atoms with Gasteiger partial charge in [0.2, 0.25) is 0 Å². The van der Waals surface area contributed by atoms with Gasteiger partial charge in [0, 0.05) is 24.7 Å². The summed E-state index contributed by atoms with van der Waals surface area (Å²) in [6, 6.07) is 11.8. The van der Waals surface area contributed by atoms with Gasteiger partial charge < -0.3 is 5.73 Å². The maximum atomic E-state index is 12.3.